The Kier molecular flexibility index (Phi) is 6.52. The van der Waals surface area contributed by atoms with Crippen molar-refractivity contribution < 1.29 is 19.0 Å². The largest absolute Gasteiger partial charge is 0.508 e. The third-order valence-electron chi connectivity index (χ3n) is 7.24. The Morgan fingerprint density at radius 3 is 2.51 bits per heavy atom. The van der Waals surface area contributed by atoms with Gasteiger partial charge in [0.15, 0.2) is 0 Å². The van der Waals surface area contributed by atoms with E-state index in [0.29, 0.717) is 12.4 Å². The predicted molar refractivity (Wildman–Crippen MR) is 137 cm³/mol. The number of allylic oxidation sites excluding steroid dienone is 1. The van der Waals surface area contributed by atoms with E-state index in [1.807, 2.05) is 38.1 Å². The molecule has 182 valence electrons. The van der Waals surface area contributed by atoms with Crippen molar-refractivity contribution >= 4 is 11.1 Å². The van der Waals surface area contributed by atoms with E-state index in [9.17, 15) is 9.50 Å². The number of halogens is 1. The molecule has 0 saturated carbocycles. The van der Waals surface area contributed by atoms with Crippen LogP contribution in [-0.4, -0.2) is 36.2 Å². The molecule has 0 radical (unpaired) electrons. The van der Waals surface area contributed by atoms with Crippen molar-refractivity contribution in [3.8, 4) is 17.2 Å². The lowest BCUT2D eigenvalue weighted by Crippen LogP contribution is -2.47. The number of phenols is 1. The second-order valence-electron chi connectivity index (χ2n) is 9.63. The predicted octanol–water partition coefficient (Wildman–Crippen LogP) is 6.62. The molecule has 2 aliphatic heterocycles. The third kappa shape index (κ3) is 4.78. The molecule has 4 nitrogen and oxygen atoms in total. The highest BCUT2D eigenvalue weighted by Gasteiger charge is 2.30. The molecule has 35 heavy (non-hydrogen) atoms. The smallest absolute Gasteiger partial charge is 0.150 e. The van der Waals surface area contributed by atoms with Crippen LogP contribution in [-0.2, 0) is 0 Å². The fourth-order valence-corrected chi connectivity index (χ4v) is 5.05. The average Bonchev–Trinajstić information content (AvgIpc) is 2.83. The van der Waals surface area contributed by atoms with Gasteiger partial charge in [-0.1, -0.05) is 31.5 Å². The van der Waals surface area contributed by atoms with E-state index in [1.54, 1.807) is 30.3 Å². The van der Waals surface area contributed by atoms with Crippen molar-refractivity contribution in [2.75, 3.05) is 26.2 Å². The zero-order valence-electron chi connectivity index (χ0n) is 20.6. The molecule has 1 saturated heterocycles. The average molecular weight is 474 g/mol. The molecule has 2 aliphatic rings. The van der Waals surface area contributed by atoms with Crippen LogP contribution >= 0.6 is 0 Å². The molecule has 0 aliphatic carbocycles. The van der Waals surface area contributed by atoms with Crippen LogP contribution < -0.4 is 9.47 Å². The first-order chi connectivity index (χ1) is 16.9. The molecule has 0 amide bonds. The molecule has 0 aromatic heterocycles. The highest BCUT2D eigenvalue weighted by molar-refractivity contribution is 5.96. The van der Waals surface area contributed by atoms with Crippen LogP contribution in [0.25, 0.3) is 11.1 Å². The van der Waals surface area contributed by atoms with Crippen molar-refractivity contribution in [2.24, 2.45) is 5.92 Å². The minimum atomic E-state index is -0.409. The Morgan fingerprint density at radius 2 is 1.77 bits per heavy atom. The van der Waals surface area contributed by atoms with Gasteiger partial charge in [0.25, 0.3) is 0 Å². The van der Waals surface area contributed by atoms with Crippen LogP contribution in [0.3, 0.4) is 0 Å². The van der Waals surface area contributed by atoms with Gasteiger partial charge < -0.3 is 14.6 Å². The minimum absolute atomic E-state index is 0.172. The van der Waals surface area contributed by atoms with Gasteiger partial charge in [-0.3, -0.25) is 4.90 Å². The lowest BCUT2D eigenvalue weighted by molar-refractivity contribution is 0.0806. The van der Waals surface area contributed by atoms with E-state index in [0.717, 1.165) is 51.6 Å². The fourth-order valence-electron chi connectivity index (χ4n) is 5.05. The number of aromatic hydroxyl groups is 1. The van der Waals surface area contributed by atoms with Crippen LogP contribution in [0.5, 0.6) is 17.2 Å². The molecule has 5 rings (SSSR count). The minimum Gasteiger partial charge on any atom is -0.508 e. The maximum atomic E-state index is 14.3. The summed E-state index contributed by atoms with van der Waals surface area (Å²) in [4.78, 5) is 2.43. The van der Waals surface area contributed by atoms with Crippen LogP contribution in [0.1, 0.15) is 48.6 Å². The van der Waals surface area contributed by atoms with Gasteiger partial charge in [-0.25, -0.2) is 4.39 Å². The van der Waals surface area contributed by atoms with Crippen LogP contribution in [0.15, 0.2) is 60.7 Å². The zero-order chi connectivity index (χ0) is 24.5. The Hall–Kier alpha value is -3.31. The van der Waals surface area contributed by atoms with E-state index < -0.39 is 6.10 Å². The third-order valence-corrected chi connectivity index (χ3v) is 7.24. The zero-order valence-corrected chi connectivity index (χ0v) is 20.6. The van der Waals surface area contributed by atoms with Crippen LogP contribution in [0.2, 0.25) is 0 Å². The van der Waals surface area contributed by atoms with E-state index in [-0.39, 0.29) is 11.6 Å². The molecule has 1 fully saturated rings. The van der Waals surface area contributed by atoms with E-state index >= 15 is 0 Å². The number of ether oxygens (including phenoxy) is 2. The van der Waals surface area contributed by atoms with Crippen molar-refractivity contribution in [3.63, 3.8) is 0 Å². The molecule has 0 spiro atoms. The standard InChI is InChI=1S/C30H32FNO3/c1-4-21-17-32(18-21)13-14-34-25-10-6-22(7-11-25)30-29(26-15-23(31)8-5-19(26)2)20(3)27-16-24(33)9-12-28(27)35-30/h5-12,15-16,21,30,33H,4,13-14,17-18H2,1-3H3. The summed E-state index contributed by atoms with van der Waals surface area (Å²) in [5, 5.41) is 10.1. The van der Waals surface area contributed by atoms with E-state index in [1.165, 1.54) is 25.6 Å². The maximum absolute atomic E-state index is 14.3. The quantitative estimate of drug-likeness (QED) is 0.418. The molecule has 3 aromatic carbocycles. The Labute approximate surface area is 206 Å². The summed E-state index contributed by atoms with van der Waals surface area (Å²) in [6, 6.07) is 17.9. The van der Waals surface area contributed by atoms with E-state index in [2.05, 4.69) is 11.8 Å². The van der Waals surface area contributed by atoms with Gasteiger partial charge in [-0.05, 0) is 84.5 Å². The Bertz CT molecular complexity index is 1240. The lowest BCUT2D eigenvalue weighted by atomic mass is 9.84. The Balaban J connectivity index is 1.41. The molecule has 0 bridgehead atoms. The number of nitrogens with zero attached hydrogens (tertiary/aromatic N) is 1. The van der Waals surface area contributed by atoms with Gasteiger partial charge in [0, 0.05) is 30.8 Å². The molecule has 2 heterocycles. The van der Waals surface area contributed by atoms with Gasteiger partial charge in [-0.2, -0.15) is 0 Å². The number of hydrogen-bond acceptors (Lipinski definition) is 4. The fraction of sp³-hybridized carbons (Fsp3) is 0.333. The topological polar surface area (TPSA) is 41.9 Å². The van der Waals surface area contributed by atoms with Crippen molar-refractivity contribution in [1.82, 2.24) is 4.90 Å². The normalized spacial score (nSPS) is 18.1. The highest BCUT2D eigenvalue weighted by Crippen LogP contribution is 2.48. The van der Waals surface area contributed by atoms with Gasteiger partial charge in [0.05, 0.1) is 0 Å². The van der Waals surface area contributed by atoms with E-state index in [4.69, 9.17) is 9.47 Å². The first-order valence-corrected chi connectivity index (χ1v) is 12.4. The number of aryl methyl sites for hydroxylation is 1. The van der Waals surface area contributed by atoms with Crippen LogP contribution in [0.4, 0.5) is 4.39 Å². The summed E-state index contributed by atoms with van der Waals surface area (Å²) in [5.41, 5.74) is 5.41. The molecular formula is C30H32FNO3. The number of likely N-dealkylation sites (tertiary alicyclic amines) is 1. The second-order valence-corrected chi connectivity index (χ2v) is 9.63. The van der Waals surface area contributed by atoms with Gasteiger partial charge >= 0.3 is 0 Å². The summed E-state index contributed by atoms with van der Waals surface area (Å²) in [7, 11) is 0. The second kappa shape index (κ2) is 9.74. The molecule has 3 aromatic rings. The number of phenolic OH excluding ortho intramolecular Hbond substituents is 1. The SMILES string of the molecule is CCC1CN(CCOc2ccc(C3Oc4ccc(O)cc4C(C)=C3c3cc(F)ccc3C)cc2)C1. The first-order valence-electron chi connectivity index (χ1n) is 12.4. The van der Waals surface area contributed by atoms with Crippen molar-refractivity contribution in [1.29, 1.82) is 0 Å². The molecule has 5 heteroatoms. The summed E-state index contributed by atoms with van der Waals surface area (Å²) < 4.78 is 26.7. The number of rotatable bonds is 7. The molecule has 1 N–H and O–H groups in total. The lowest BCUT2D eigenvalue weighted by Gasteiger charge is -2.38. The summed E-state index contributed by atoms with van der Waals surface area (Å²) >= 11 is 0. The monoisotopic (exact) mass is 473 g/mol. The molecule has 1 atom stereocenters. The van der Waals surface area contributed by atoms with Gasteiger partial charge in [0.2, 0.25) is 0 Å². The van der Waals surface area contributed by atoms with Crippen molar-refractivity contribution in [3.05, 3.63) is 88.7 Å². The number of hydrogen-bond donors (Lipinski definition) is 1. The van der Waals surface area contributed by atoms with Crippen molar-refractivity contribution in [2.45, 2.75) is 33.3 Å². The van der Waals surface area contributed by atoms with Gasteiger partial charge in [0.1, 0.15) is 35.8 Å². The number of benzene rings is 3. The molecule has 1 unspecified atom stereocenters. The summed E-state index contributed by atoms with van der Waals surface area (Å²) in [5.74, 6) is 2.24. The summed E-state index contributed by atoms with van der Waals surface area (Å²) in [6.07, 6.45) is 0.840. The van der Waals surface area contributed by atoms with Crippen LogP contribution in [0, 0.1) is 18.7 Å². The molecular weight excluding hydrogens is 441 g/mol. The summed E-state index contributed by atoms with van der Waals surface area (Å²) in [6.45, 7) is 10.2. The first kappa shape index (κ1) is 23.4. The number of fused-ring (bicyclic) bond motifs is 1. The highest BCUT2D eigenvalue weighted by atomic mass is 19.1. The Morgan fingerprint density at radius 1 is 1.00 bits per heavy atom. The van der Waals surface area contributed by atoms with Gasteiger partial charge in [-0.15, -0.1) is 0 Å². The maximum Gasteiger partial charge on any atom is 0.150 e.